The molecule has 0 bridgehead atoms. The number of ether oxygens (including phenoxy) is 1. The Kier molecular flexibility index (Phi) is 6.00. The SMILES string of the molecule is O=C(c1cnc(Nc2ccccc2Oc2ccccc2)cn1)N1CCCCCC1. The second-order valence-corrected chi connectivity index (χ2v) is 7.03. The summed E-state index contributed by atoms with van der Waals surface area (Å²) in [6.07, 6.45) is 7.60. The van der Waals surface area contributed by atoms with Crippen LogP contribution in [0.15, 0.2) is 67.0 Å². The largest absolute Gasteiger partial charge is 0.455 e. The van der Waals surface area contributed by atoms with Crippen molar-refractivity contribution in [1.29, 1.82) is 0 Å². The number of benzene rings is 2. The van der Waals surface area contributed by atoms with Gasteiger partial charge in [0.15, 0.2) is 5.75 Å². The molecule has 4 rings (SSSR count). The summed E-state index contributed by atoms with van der Waals surface area (Å²) in [6.45, 7) is 1.59. The van der Waals surface area contributed by atoms with Crippen LogP contribution in [0.3, 0.4) is 0 Å². The number of para-hydroxylation sites is 3. The number of amides is 1. The van der Waals surface area contributed by atoms with E-state index < -0.39 is 0 Å². The first-order chi connectivity index (χ1) is 14.3. The Morgan fingerprint density at radius 1 is 0.862 bits per heavy atom. The molecule has 1 N–H and O–H groups in total. The van der Waals surface area contributed by atoms with Crippen LogP contribution < -0.4 is 10.1 Å². The maximum Gasteiger partial charge on any atom is 0.274 e. The highest BCUT2D eigenvalue weighted by Crippen LogP contribution is 2.30. The third-order valence-corrected chi connectivity index (χ3v) is 4.89. The van der Waals surface area contributed by atoms with E-state index in [0.717, 1.165) is 37.4 Å². The molecule has 1 aromatic heterocycles. The molecular formula is C23H24N4O2. The van der Waals surface area contributed by atoms with Gasteiger partial charge in [0.25, 0.3) is 5.91 Å². The Morgan fingerprint density at radius 2 is 1.59 bits per heavy atom. The van der Waals surface area contributed by atoms with E-state index in [2.05, 4.69) is 15.3 Å². The zero-order valence-corrected chi connectivity index (χ0v) is 16.3. The third-order valence-electron chi connectivity index (χ3n) is 4.89. The maximum atomic E-state index is 12.7. The molecule has 1 aliphatic heterocycles. The lowest BCUT2D eigenvalue weighted by molar-refractivity contribution is 0.0755. The van der Waals surface area contributed by atoms with Crippen molar-refractivity contribution in [1.82, 2.24) is 14.9 Å². The molecule has 0 saturated carbocycles. The van der Waals surface area contributed by atoms with Crippen molar-refractivity contribution < 1.29 is 9.53 Å². The van der Waals surface area contributed by atoms with Gasteiger partial charge < -0.3 is 15.0 Å². The van der Waals surface area contributed by atoms with Crippen molar-refractivity contribution in [3.8, 4) is 11.5 Å². The van der Waals surface area contributed by atoms with E-state index >= 15 is 0 Å². The zero-order chi connectivity index (χ0) is 19.9. The fourth-order valence-corrected chi connectivity index (χ4v) is 3.35. The highest BCUT2D eigenvalue weighted by molar-refractivity contribution is 5.92. The van der Waals surface area contributed by atoms with E-state index in [4.69, 9.17) is 4.74 Å². The molecule has 6 nitrogen and oxygen atoms in total. The molecule has 6 heteroatoms. The van der Waals surface area contributed by atoms with Crippen molar-refractivity contribution in [3.05, 3.63) is 72.7 Å². The lowest BCUT2D eigenvalue weighted by Gasteiger charge is -2.19. The minimum atomic E-state index is -0.0428. The summed E-state index contributed by atoms with van der Waals surface area (Å²) >= 11 is 0. The molecule has 0 radical (unpaired) electrons. The number of aromatic nitrogens is 2. The Hall–Kier alpha value is -3.41. The first-order valence-electron chi connectivity index (χ1n) is 10.00. The highest BCUT2D eigenvalue weighted by Gasteiger charge is 2.18. The molecular weight excluding hydrogens is 364 g/mol. The predicted molar refractivity (Wildman–Crippen MR) is 113 cm³/mol. The van der Waals surface area contributed by atoms with Crippen molar-refractivity contribution >= 4 is 17.4 Å². The van der Waals surface area contributed by atoms with Gasteiger partial charge in [0.1, 0.15) is 17.3 Å². The lowest BCUT2D eigenvalue weighted by atomic mass is 10.2. The monoisotopic (exact) mass is 388 g/mol. The number of hydrogen-bond donors (Lipinski definition) is 1. The standard InChI is InChI=1S/C23H24N4O2/c28-23(27-14-8-1-2-9-15-27)20-16-25-22(17-24-20)26-19-12-6-7-13-21(19)29-18-10-4-3-5-11-18/h3-7,10-13,16-17H,1-2,8-9,14-15H2,(H,25,26). The summed E-state index contributed by atoms with van der Waals surface area (Å²) < 4.78 is 5.96. The number of likely N-dealkylation sites (tertiary alicyclic amines) is 1. The van der Waals surface area contributed by atoms with Crippen LogP contribution in [0, 0.1) is 0 Å². The van der Waals surface area contributed by atoms with E-state index in [1.807, 2.05) is 59.5 Å². The fraction of sp³-hybridized carbons (Fsp3) is 0.261. The minimum Gasteiger partial charge on any atom is -0.455 e. The van der Waals surface area contributed by atoms with Crippen LogP contribution in [0.2, 0.25) is 0 Å². The first-order valence-corrected chi connectivity index (χ1v) is 10.00. The Labute approximate surface area is 170 Å². The maximum absolute atomic E-state index is 12.7. The number of hydrogen-bond acceptors (Lipinski definition) is 5. The van der Waals surface area contributed by atoms with E-state index in [9.17, 15) is 4.79 Å². The molecule has 2 aromatic carbocycles. The van der Waals surface area contributed by atoms with Gasteiger partial charge in [-0.15, -0.1) is 0 Å². The van der Waals surface area contributed by atoms with Gasteiger partial charge in [-0.1, -0.05) is 43.2 Å². The van der Waals surface area contributed by atoms with Crippen molar-refractivity contribution in [2.75, 3.05) is 18.4 Å². The summed E-state index contributed by atoms with van der Waals surface area (Å²) in [4.78, 5) is 23.3. The molecule has 0 spiro atoms. The van der Waals surface area contributed by atoms with Gasteiger partial charge >= 0.3 is 0 Å². The van der Waals surface area contributed by atoms with Gasteiger partial charge in [-0.3, -0.25) is 4.79 Å². The Balaban J connectivity index is 1.46. The molecule has 3 aromatic rings. The molecule has 2 heterocycles. The summed E-state index contributed by atoms with van der Waals surface area (Å²) in [6, 6.07) is 17.2. The van der Waals surface area contributed by atoms with Crippen LogP contribution >= 0.6 is 0 Å². The molecule has 0 unspecified atom stereocenters. The normalized spacial score (nSPS) is 14.1. The van der Waals surface area contributed by atoms with Crippen LogP contribution in [-0.4, -0.2) is 33.9 Å². The Morgan fingerprint density at radius 3 is 2.31 bits per heavy atom. The number of anilines is 2. The van der Waals surface area contributed by atoms with Gasteiger partial charge in [-0.05, 0) is 37.1 Å². The van der Waals surface area contributed by atoms with E-state index in [-0.39, 0.29) is 5.91 Å². The topological polar surface area (TPSA) is 67.3 Å². The van der Waals surface area contributed by atoms with Crippen molar-refractivity contribution in [2.24, 2.45) is 0 Å². The summed E-state index contributed by atoms with van der Waals surface area (Å²) in [5.74, 6) is 1.96. The highest BCUT2D eigenvalue weighted by atomic mass is 16.5. The molecule has 148 valence electrons. The molecule has 29 heavy (non-hydrogen) atoms. The number of carbonyl (C=O) groups is 1. The molecule has 0 aliphatic carbocycles. The van der Waals surface area contributed by atoms with E-state index in [1.54, 1.807) is 6.20 Å². The summed E-state index contributed by atoms with van der Waals surface area (Å²) in [5.41, 5.74) is 1.16. The lowest BCUT2D eigenvalue weighted by Crippen LogP contribution is -2.32. The Bertz CT molecular complexity index is 937. The molecule has 1 fully saturated rings. The molecule has 1 saturated heterocycles. The third kappa shape index (κ3) is 4.90. The average Bonchev–Trinajstić information content (AvgIpc) is 3.06. The van der Waals surface area contributed by atoms with Crippen LogP contribution in [0.4, 0.5) is 11.5 Å². The van der Waals surface area contributed by atoms with Gasteiger partial charge in [-0.25, -0.2) is 9.97 Å². The van der Waals surface area contributed by atoms with Crippen LogP contribution in [0.1, 0.15) is 36.2 Å². The average molecular weight is 388 g/mol. The second kappa shape index (κ2) is 9.19. The second-order valence-electron chi connectivity index (χ2n) is 7.03. The predicted octanol–water partition coefficient (Wildman–Crippen LogP) is 5.03. The number of nitrogens with one attached hydrogen (secondary N) is 1. The first kappa shape index (κ1) is 18.9. The van der Waals surface area contributed by atoms with Crippen LogP contribution in [0.25, 0.3) is 0 Å². The van der Waals surface area contributed by atoms with Crippen molar-refractivity contribution in [3.63, 3.8) is 0 Å². The minimum absolute atomic E-state index is 0.0428. The zero-order valence-electron chi connectivity index (χ0n) is 16.3. The summed E-state index contributed by atoms with van der Waals surface area (Å²) in [5, 5.41) is 3.22. The van der Waals surface area contributed by atoms with Crippen LogP contribution in [-0.2, 0) is 0 Å². The van der Waals surface area contributed by atoms with E-state index in [0.29, 0.717) is 17.3 Å². The summed E-state index contributed by atoms with van der Waals surface area (Å²) in [7, 11) is 0. The molecule has 0 atom stereocenters. The number of rotatable bonds is 5. The molecule has 1 amide bonds. The van der Waals surface area contributed by atoms with Gasteiger partial charge in [0.05, 0.1) is 18.1 Å². The smallest absolute Gasteiger partial charge is 0.274 e. The van der Waals surface area contributed by atoms with Crippen molar-refractivity contribution in [2.45, 2.75) is 25.7 Å². The number of nitrogens with zero attached hydrogens (tertiary/aromatic N) is 3. The molecule has 1 aliphatic rings. The van der Waals surface area contributed by atoms with Crippen LogP contribution in [0.5, 0.6) is 11.5 Å². The fourth-order valence-electron chi connectivity index (χ4n) is 3.35. The quantitative estimate of drug-likeness (QED) is 0.664. The van der Waals surface area contributed by atoms with Gasteiger partial charge in [-0.2, -0.15) is 0 Å². The van der Waals surface area contributed by atoms with E-state index in [1.165, 1.54) is 19.0 Å². The number of carbonyl (C=O) groups excluding carboxylic acids is 1. The van der Waals surface area contributed by atoms with Gasteiger partial charge in [0.2, 0.25) is 0 Å². The van der Waals surface area contributed by atoms with Gasteiger partial charge in [0, 0.05) is 13.1 Å².